The highest BCUT2D eigenvalue weighted by Gasteiger charge is 2.52. The Labute approximate surface area is 319 Å². The number of nitrogens with zero attached hydrogens (tertiary/aromatic N) is 1. The molecule has 0 N–H and O–H groups in total. The van der Waals surface area contributed by atoms with Crippen LogP contribution in [0.4, 0.5) is 25.8 Å². The molecule has 0 saturated heterocycles. The summed E-state index contributed by atoms with van der Waals surface area (Å²) in [6.07, 6.45) is 0. The fraction of sp³-hybridized carbons (Fsp3) is 0.0769. The van der Waals surface area contributed by atoms with Gasteiger partial charge in [-0.2, -0.15) is 0 Å². The van der Waals surface area contributed by atoms with E-state index in [0.29, 0.717) is 0 Å². The number of anilines is 3. The molecule has 0 fully saturated rings. The summed E-state index contributed by atoms with van der Waals surface area (Å²) in [5.74, 6) is -0.623. The predicted molar refractivity (Wildman–Crippen MR) is 220 cm³/mol. The van der Waals surface area contributed by atoms with Crippen molar-refractivity contribution in [2.24, 2.45) is 0 Å². The summed E-state index contributed by atoms with van der Waals surface area (Å²) < 4.78 is 31.0. The van der Waals surface area contributed by atoms with Gasteiger partial charge in [0.1, 0.15) is 11.6 Å². The number of hydrogen-bond acceptors (Lipinski definition) is 1. The number of rotatable bonds is 4. The van der Waals surface area contributed by atoms with E-state index in [1.807, 2.05) is 24.3 Å². The number of benzene rings is 8. The second-order valence-electron chi connectivity index (χ2n) is 15.5. The van der Waals surface area contributed by atoms with Crippen molar-refractivity contribution in [1.29, 1.82) is 0 Å². The van der Waals surface area contributed by atoms with Crippen molar-refractivity contribution in [1.82, 2.24) is 0 Å². The maximum absolute atomic E-state index is 15.5. The minimum absolute atomic E-state index is 0.193. The largest absolute Gasteiger partial charge is 0.310 e. The van der Waals surface area contributed by atoms with Gasteiger partial charge in [-0.15, -0.1) is 0 Å². The maximum Gasteiger partial charge on any atom is 0.123 e. The predicted octanol–water partition coefficient (Wildman–Crippen LogP) is 13.8. The van der Waals surface area contributed by atoms with Crippen LogP contribution in [0.3, 0.4) is 0 Å². The molecule has 3 heteroatoms. The number of hydrogen-bond donors (Lipinski definition) is 0. The van der Waals surface area contributed by atoms with E-state index in [1.165, 1.54) is 34.4 Å². The lowest BCUT2D eigenvalue weighted by atomic mass is 9.70. The molecule has 262 valence electrons. The van der Waals surface area contributed by atoms with Crippen LogP contribution in [0.25, 0.3) is 44.5 Å². The molecule has 0 amide bonds. The molecule has 1 spiro atoms. The quantitative estimate of drug-likeness (QED) is 0.176. The van der Waals surface area contributed by atoms with Crippen molar-refractivity contribution in [3.05, 3.63) is 221 Å². The first-order chi connectivity index (χ1) is 26.9. The minimum atomic E-state index is -0.914. The Bertz CT molecular complexity index is 2830. The van der Waals surface area contributed by atoms with Crippen LogP contribution >= 0.6 is 0 Å². The zero-order chi connectivity index (χ0) is 37.1. The van der Waals surface area contributed by atoms with E-state index in [9.17, 15) is 0 Å². The lowest BCUT2D eigenvalue weighted by Gasteiger charge is -2.33. The van der Waals surface area contributed by atoms with Crippen molar-refractivity contribution in [3.63, 3.8) is 0 Å². The average molecular weight is 712 g/mol. The summed E-state index contributed by atoms with van der Waals surface area (Å²) in [4.78, 5) is 2.37. The number of para-hydroxylation sites is 1. The smallest absolute Gasteiger partial charge is 0.123 e. The zero-order valence-electron chi connectivity index (χ0n) is 30.4. The lowest BCUT2D eigenvalue weighted by Crippen LogP contribution is -2.26. The lowest BCUT2D eigenvalue weighted by molar-refractivity contribution is 0.618. The standard InChI is InChI=1S/C52H35F2N/c1-51(2)44-17-9-6-15-38(44)40-26-22-35(30-46(40)51)55(50-19-11-8-14-37(50)32-12-4-3-5-13-32)36-23-27-43-39-16-7-10-18-45(39)52(49(43)31-36)47-28-33(53)20-24-41(47)42-25-21-34(54)29-48(42)52/h3-31H,1-2H3. The van der Waals surface area contributed by atoms with Gasteiger partial charge in [0.25, 0.3) is 0 Å². The van der Waals surface area contributed by atoms with Crippen LogP contribution in [-0.4, -0.2) is 0 Å². The van der Waals surface area contributed by atoms with Crippen molar-refractivity contribution >= 4 is 17.1 Å². The van der Waals surface area contributed by atoms with Gasteiger partial charge in [0.2, 0.25) is 0 Å². The van der Waals surface area contributed by atoms with Crippen molar-refractivity contribution in [2.75, 3.05) is 4.90 Å². The van der Waals surface area contributed by atoms with Crippen molar-refractivity contribution in [2.45, 2.75) is 24.7 Å². The normalized spacial score (nSPS) is 14.5. The average Bonchev–Trinajstić information content (AvgIpc) is 3.76. The SMILES string of the molecule is CC1(C)c2ccccc2-c2ccc(N(c3ccc4c(c3)C3(c5ccccc5-4)c4cc(F)ccc4-c4ccc(F)cc43)c3ccccc3-c3ccccc3)cc21. The van der Waals surface area contributed by atoms with Gasteiger partial charge in [0.05, 0.1) is 11.1 Å². The first-order valence-electron chi connectivity index (χ1n) is 18.9. The minimum Gasteiger partial charge on any atom is -0.310 e. The van der Waals surface area contributed by atoms with Gasteiger partial charge < -0.3 is 4.90 Å². The molecule has 0 heterocycles. The molecule has 1 nitrogen and oxygen atoms in total. The topological polar surface area (TPSA) is 3.24 Å². The van der Waals surface area contributed by atoms with Crippen LogP contribution in [0.5, 0.6) is 0 Å². The fourth-order valence-electron chi connectivity index (χ4n) is 10.0. The van der Waals surface area contributed by atoms with E-state index in [-0.39, 0.29) is 17.0 Å². The highest BCUT2D eigenvalue weighted by Crippen LogP contribution is 2.64. The van der Waals surface area contributed by atoms with E-state index in [2.05, 4.69) is 146 Å². The monoisotopic (exact) mass is 711 g/mol. The first kappa shape index (κ1) is 31.9. The van der Waals surface area contributed by atoms with Crippen LogP contribution in [0.2, 0.25) is 0 Å². The highest BCUT2D eigenvalue weighted by atomic mass is 19.1. The molecule has 0 aliphatic heterocycles. The fourth-order valence-corrected chi connectivity index (χ4v) is 10.0. The van der Waals surface area contributed by atoms with E-state index < -0.39 is 5.41 Å². The molecule has 0 bridgehead atoms. The molecule has 0 atom stereocenters. The maximum atomic E-state index is 15.5. The summed E-state index contributed by atoms with van der Waals surface area (Å²) in [5, 5.41) is 0. The van der Waals surface area contributed by atoms with Crippen LogP contribution < -0.4 is 4.90 Å². The Balaban J connectivity index is 1.21. The molecule has 8 aromatic rings. The molecular formula is C52H35F2N. The van der Waals surface area contributed by atoms with Gasteiger partial charge in [-0.3, -0.25) is 0 Å². The third kappa shape index (κ3) is 4.32. The molecule has 11 rings (SSSR count). The van der Waals surface area contributed by atoms with E-state index in [0.717, 1.165) is 72.7 Å². The van der Waals surface area contributed by atoms with Gasteiger partial charge in [0.15, 0.2) is 0 Å². The van der Waals surface area contributed by atoms with Crippen LogP contribution in [-0.2, 0) is 10.8 Å². The summed E-state index contributed by atoms with van der Waals surface area (Å²) >= 11 is 0. The summed E-state index contributed by atoms with van der Waals surface area (Å²) in [5.41, 5.74) is 17.0. The van der Waals surface area contributed by atoms with Gasteiger partial charge in [-0.25, -0.2) is 8.78 Å². The van der Waals surface area contributed by atoms with Crippen LogP contribution in [0, 0.1) is 11.6 Å². The second kappa shape index (κ2) is 11.5. The molecule has 0 unspecified atom stereocenters. The van der Waals surface area contributed by atoms with Gasteiger partial charge in [-0.1, -0.05) is 135 Å². The molecule has 3 aliphatic rings. The molecule has 55 heavy (non-hydrogen) atoms. The van der Waals surface area contributed by atoms with E-state index >= 15 is 8.78 Å². The summed E-state index contributed by atoms with van der Waals surface area (Å²) in [7, 11) is 0. The van der Waals surface area contributed by atoms with Crippen LogP contribution in [0.15, 0.2) is 176 Å². The molecule has 3 aliphatic carbocycles. The summed E-state index contributed by atoms with van der Waals surface area (Å²) in [6.45, 7) is 4.63. The Morgan fingerprint density at radius 1 is 0.364 bits per heavy atom. The van der Waals surface area contributed by atoms with E-state index in [1.54, 1.807) is 12.1 Å². The molecule has 8 aromatic carbocycles. The van der Waals surface area contributed by atoms with Crippen molar-refractivity contribution in [3.8, 4) is 44.5 Å². The van der Waals surface area contributed by atoms with Crippen molar-refractivity contribution < 1.29 is 8.78 Å². The Kier molecular flexibility index (Phi) is 6.65. The number of fused-ring (bicyclic) bond motifs is 13. The van der Waals surface area contributed by atoms with Gasteiger partial charge >= 0.3 is 0 Å². The third-order valence-electron chi connectivity index (χ3n) is 12.4. The number of halogens is 2. The Hall–Kier alpha value is -6.58. The Morgan fingerprint density at radius 2 is 0.800 bits per heavy atom. The second-order valence-corrected chi connectivity index (χ2v) is 15.5. The van der Waals surface area contributed by atoms with Crippen LogP contribution in [0.1, 0.15) is 47.2 Å². The summed E-state index contributed by atoms with van der Waals surface area (Å²) in [6, 6.07) is 59.8. The zero-order valence-corrected chi connectivity index (χ0v) is 30.4. The molecular weight excluding hydrogens is 677 g/mol. The van der Waals surface area contributed by atoms with Gasteiger partial charge in [0, 0.05) is 22.4 Å². The Morgan fingerprint density at radius 3 is 1.44 bits per heavy atom. The highest BCUT2D eigenvalue weighted by molar-refractivity contribution is 5.97. The molecule has 0 saturated carbocycles. The van der Waals surface area contributed by atoms with E-state index in [4.69, 9.17) is 0 Å². The first-order valence-corrected chi connectivity index (χ1v) is 18.9. The molecule has 0 radical (unpaired) electrons. The third-order valence-corrected chi connectivity index (χ3v) is 12.4. The van der Waals surface area contributed by atoms with Gasteiger partial charge in [-0.05, 0) is 127 Å². The molecule has 0 aromatic heterocycles.